The van der Waals surface area contributed by atoms with E-state index in [-0.39, 0.29) is 17.5 Å². The van der Waals surface area contributed by atoms with E-state index in [9.17, 15) is 22.8 Å². The minimum Gasteiger partial charge on any atom is -0.478 e. The summed E-state index contributed by atoms with van der Waals surface area (Å²) in [5.41, 5.74) is 2.95. The molecule has 0 radical (unpaired) electrons. The Morgan fingerprint density at radius 1 is 1.07 bits per heavy atom. The molecule has 9 heteroatoms. The number of carbonyl (C=O) groups is 2. The van der Waals surface area contributed by atoms with Gasteiger partial charge in [-0.1, -0.05) is 24.3 Å². The second-order valence-corrected chi connectivity index (χ2v) is 6.33. The molecule has 0 fully saturated rings. The first-order chi connectivity index (χ1) is 14.2. The number of hydrogen-bond donors (Lipinski definition) is 2. The van der Waals surface area contributed by atoms with Crippen LogP contribution >= 0.6 is 0 Å². The van der Waals surface area contributed by atoms with Gasteiger partial charge in [0, 0.05) is 11.9 Å². The molecule has 0 aliphatic heterocycles. The fraction of sp³-hybridized carbons (Fsp3) is 0.0952. The molecule has 154 valence electrons. The number of nitrogens with one attached hydrogen (secondary N) is 1. The number of hydrazone groups is 1. The Hall–Kier alpha value is -3.88. The molecule has 3 aromatic rings. The number of aromatic nitrogens is 1. The zero-order chi connectivity index (χ0) is 21.7. The van der Waals surface area contributed by atoms with Crippen LogP contribution in [-0.2, 0) is 17.4 Å². The number of alkyl halides is 3. The summed E-state index contributed by atoms with van der Waals surface area (Å²) in [6.45, 7) is 0. The highest BCUT2D eigenvalue weighted by Crippen LogP contribution is 2.29. The molecule has 1 aromatic heterocycles. The van der Waals surface area contributed by atoms with Gasteiger partial charge in [-0.05, 0) is 42.0 Å². The molecular weight excluding hydrogens is 399 g/mol. The summed E-state index contributed by atoms with van der Waals surface area (Å²) in [5, 5.41) is 13.0. The Bertz CT molecular complexity index is 1100. The number of carbonyl (C=O) groups excluding carboxylic acids is 1. The van der Waals surface area contributed by atoms with Gasteiger partial charge in [0.15, 0.2) is 0 Å². The summed E-state index contributed by atoms with van der Waals surface area (Å²) in [4.78, 5) is 23.1. The van der Waals surface area contributed by atoms with Gasteiger partial charge in [-0.25, -0.2) is 10.2 Å². The molecule has 0 aliphatic carbocycles. The van der Waals surface area contributed by atoms with Gasteiger partial charge < -0.3 is 9.67 Å². The molecule has 0 atom stereocenters. The van der Waals surface area contributed by atoms with Crippen LogP contribution in [0.4, 0.5) is 13.2 Å². The lowest BCUT2D eigenvalue weighted by Crippen LogP contribution is -2.20. The van der Waals surface area contributed by atoms with Gasteiger partial charge in [0.25, 0.3) is 0 Å². The van der Waals surface area contributed by atoms with E-state index in [4.69, 9.17) is 5.11 Å². The summed E-state index contributed by atoms with van der Waals surface area (Å²) < 4.78 is 39.9. The number of hydrogen-bond acceptors (Lipinski definition) is 3. The van der Waals surface area contributed by atoms with Crippen molar-refractivity contribution in [3.05, 3.63) is 89.2 Å². The van der Waals surface area contributed by atoms with Crippen LogP contribution in [0.25, 0.3) is 5.69 Å². The number of rotatable bonds is 6. The fourth-order valence-electron chi connectivity index (χ4n) is 2.78. The molecule has 2 aromatic carbocycles. The molecule has 0 saturated heterocycles. The first kappa shape index (κ1) is 20.8. The normalized spacial score (nSPS) is 11.6. The maximum atomic E-state index is 12.8. The van der Waals surface area contributed by atoms with E-state index in [0.29, 0.717) is 11.4 Å². The molecule has 0 bridgehead atoms. The van der Waals surface area contributed by atoms with Crippen LogP contribution in [0, 0.1) is 0 Å². The summed E-state index contributed by atoms with van der Waals surface area (Å²) in [6, 6.07) is 14.2. The largest absolute Gasteiger partial charge is 0.478 e. The smallest absolute Gasteiger partial charge is 0.416 e. The Labute approximate surface area is 169 Å². The van der Waals surface area contributed by atoms with Crippen molar-refractivity contribution in [1.29, 1.82) is 0 Å². The van der Waals surface area contributed by atoms with Crippen LogP contribution in [0.15, 0.2) is 72.0 Å². The average Bonchev–Trinajstić information content (AvgIpc) is 3.16. The van der Waals surface area contributed by atoms with Gasteiger partial charge in [-0.3, -0.25) is 4.79 Å². The number of halogens is 3. The number of carboxylic acid groups (broad SMARTS) is 1. The van der Waals surface area contributed by atoms with Crippen LogP contribution < -0.4 is 5.43 Å². The summed E-state index contributed by atoms with van der Waals surface area (Å²) in [7, 11) is 0. The van der Waals surface area contributed by atoms with E-state index in [1.165, 1.54) is 30.5 Å². The Kier molecular flexibility index (Phi) is 6.01. The molecule has 0 aliphatic rings. The van der Waals surface area contributed by atoms with Crippen molar-refractivity contribution in [2.45, 2.75) is 12.6 Å². The van der Waals surface area contributed by atoms with Crippen molar-refractivity contribution in [1.82, 2.24) is 9.99 Å². The lowest BCUT2D eigenvalue weighted by Gasteiger charge is -2.08. The van der Waals surface area contributed by atoms with Gasteiger partial charge in [-0.2, -0.15) is 18.3 Å². The highest BCUT2D eigenvalue weighted by Gasteiger charge is 2.30. The Morgan fingerprint density at radius 2 is 1.83 bits per heavy atom. The molecule has 2 N–H and O–H groups in total. The third kappa shape index (κ3) is 5.13. The quantitative estimate of drug-likeness (QED) is 0.473. The molecule has 0 unspecified atom stereocenters. The van der Waals surface area contributed by atoms with Crippen molar-refractivity contribution in [2.24, 2.45) is 5.10 Å². The molecule has 1 heterocycles. The monoisotopic (exact) mass is 415 g/mol. The highest BCUT2D eigenvalue weighted by molar-refractivity contribution is 5.88. The second kappa shape index (κ2) is 8.64. The number of nitrogens with zero attached hydrogens (tertiary/aromatic N) is 2. The zero-order valence-corrected chi connectivity index (χ0v) is 15.4. The first-order valence-corrected chi connectivity index (χ1v) is 8.73. The number of amides is 1. The van der Waals surface area contributed by atoms with E-state index in [1.54, 1.807) is 35.0 Å². The molecule has 0 spiro atoms. The van der Waals surface area contributed by atoms with Crippen LogP contribution in [0.5, 0.6) is 0 Å². The summed E-state index contributed by atoms with van der Waals surface area (Å²) in [6.07, 6.45) is -1.68. The van der Waals surface area contributed by atoms with E-state index >= 15 is 0 Å². The van der Waals surface area contributed by atoms with E-state index < -0.39 is 23.6 Å². The highest BCUT2D eigenvalue weighted by atomic mass is 19.4. The van der Waals surface area contributed by atoms with E-state index in [0.717, 1.165) is 12.1 Å². The molecule has 3 rings (SSSR count). The van der Waals surface area contributed by atoms with Crippen molar-refractivity contribution >= 4 is 18.1 Å². The van der Waals surface area contributed by atoms with Crippen molar-refractivity contribution in [3.63, 3.8) is 0 Å². The van der Waals surface area contributed by atoms with Crippen LogP contribution in [0.2, 0.25) is 0 Å². The third-order valence-electron chi connectivity index (χ3n) is 4.16. The first-order valence-electron chi connectivity index (χ1n) is 8.73. The van der Waals surface area contributed by atoms with Gasteiger partial charge in [0.1, 0.15) is 0 Å². The van der Waals surface area contributed by atoms with Crippen molar-refractivity contribution in [3.8, 4) is 5.69 Å². The average molecular weight is 415 g/mol. The maximum Gasteiger partial charge on any atom is 0.416 e. The molecule has 6 nitrogen and oxygen atoms in total. The summed E-state index contributed by atoms with van der Waals surface area (Å²) in [5.74, 6) is -1.63. The van der Waals surface area contributed by atoms with Gasteiger partial charge in [-0.15, -0.1) is 0 Å². The molecule has 30 heavy (non-hydrogen) atoms. The lowest BCUT2D eigenvalue weighted by molar-refractivity contribution is -0.137. The minimum atomic E-state index is -4.48. The van der Waals surface area contributed by atoms with Gasteiger partial charge in [0.05, 0.1) is 29.5 Å². The predicted molar refractivity (Wildman–Crippen MR) is 104 cm³/mol. The van der Waals surface area contributed by atoms with Crippen molar-refractivity contribution < 1.29 is 27.9 Å². The van der Waals surface area contributed by atoms with Gasteiger partial charge in [0.2, 0.25) is 5.91 Å². The zero-order valence-electron chi connectivity index (χ0n) is 15.4. The van der Waals surface area contributed by atoms with E-state index in [1.807, 2.05) is 0 Å². The van der Waals surface area contributed by atoms with Crippen LogP contribution in [0.1, 0.15) is 27.2 Å². The topological polar surface area (TPSA) is 83.7 Å². The van der Waals surface area contributed by atoms with Crippen LogP contribution in [0.3, 0.4) is 0 Å². The standard InChI is InChI=1S/C21H16F3N3O3/c22-21(23,24)16-6-1-4-14(10-16)11-19(28)26-25-13-18-8-3-9-27(18)17-7-2-5-15(12-17)20(29)30/h1-10,12-13H,11H2,(H,26,28)(H,29,30)/b25-13+. The Balaban J connectivity index is 1.67. The lowest BCUT2D eigenvalue weighted by atomic mass is 10.1. The number of carboxylic acids is 1. The number of benzene rings is 2. The molecule has 0 saturated carbocycles. The summed E-state index contributed by atoms with van der Waals surface area (Å²) >= 11 is 0. The Morgan fingerprint density at radius 3 is 2.57 bits per heavy atom. The van der Waals surface area contributed by atoms with Crippen LogP contribution in [-0.4, -0.2) is 27.8 Å². The third-order valence-corrected chi connectivity index (χ3v) is 4.16. The maximum absolute atomic E-state index is 12.8. The molecular formula is C21H16F3N3O3. The number of aromatic carboxylic acids is 1. The van der Waals surface area contributed by atoms with Gasteiger partial charge >= 0.3 is 12.1 Å². The minimum absolute atomic E-state index is 0.124. The van der Waals surface area contributed by atoms with Crippen molar-refractivity contribution in [2.75, 3.05) is 0 Å². The SMILES string of the molecule is O=C(Cc1cccc(C(F)(F)F)c1)N/N=C/c1cccn1-c1cccc(C(=O)O)c1. The second-order valence-electron chi connectivity index (χ2n) is 6.33. The predicted octanol–water partition coefficient (Wildman–Crippen LogP) is 3.89. The fourth-order valence-corrected chi connectivity index (χ4v) is 2.78. The van der Waals surface area contributed by atoms with E-state index in [2.05, 4.69) is 10.5 Å². The molecule has 1 amide bonds.